The van der Waals surface area contributed by atoms with Crippen molar-refractivity contribution < 1.29 is 13.9 Å². The largest absolute Gasteiger partial charge is 0.477 e. The first-order valence-electron chi connectivity index (χ1n) is 9.90. The molecule has 0 N–H and O–H groups in total. The molecular formula is C23H21FN2O2S. The predicted molar refractivity (Wildman–Crippen MR) is 111 cm³/mol. The van der Waals surface area contributed by atoms with Crippen molar-refractivity contribution in [3.05, 3.63) is 71.5 Å². The fraction of sp³-hybridized carbons (Fsp3) is 0.304. The number of halogens is 1. The summed E-state index contributed by atoms with van der Waals surface area (Å²) in [5.41, 5.74) is 1.77. The van der Waals surface area contributed by atoms with Crippen LogP contribution in [0.25, 0.3) is 10.4 Å². The summed E-state index contributed by atoms with van der Waals surface area (Å²) in [7, 11) is 0. The number of benzene rings is 1. The van der Waals surface area contributed by atoms with E-state index in [1.165, 1.54) is 6.07 Å². The van der Waals surface area contributed by atoms with Crippen molar-refractivity contribution in [1.29, 1.82) is 0 Å². The standard InChI is InChI=1S/C23H21FN2O2S/c24-16-7-10-22(25-13-16)28-14-15-12-17-8-9-20(15)26(17)23(27)19-5-2-1-4-18(19)21-6-3-11-29-21/h1-7,10-11,13,15,17,20H,8-9,12,14H2/t15-,17+,20-/m0/s1. The predicted octanol–water partition coefficient (Wildman–Crippen LogP) is 5.02. The van der Waals surface area contributed by atoms with Crippen LogP contribution in [0.5, 0.6) is 5.88 Å². The number of amides is 1. The lowest BCUT2D eigenvalue weighted by Gasteiger charge is -2.25. The number of pyridine rings is 1. The third-order valence-electron chi connectivity index (χ3n) is 5.99. The van der Waals surface area contributed by atoms with Crippen LogP contribution in [0, 0.1) is 11.7 Å². The summed E-state index contributed by atoms with van der Waals surface area (Å²) in [5, 5.41) is 2.03. The molecule has 4 nitrogen and oxygen atoms in total. The van der Waals surface area contributed by atoms with Crippen LogP contribution >= 0.6 is 11.3 Å². The van der Waals surface area contributed by atoms with Crippen molar-refractivity contribution >= 4 is 17.2 Å². The highest BCUT2D eigenvalue weighted by Crippen LogP contribution is 2.43. The van der Waals surface area contributed by atoms with Crippen molar-refractivity contribution in [1.82, 2.24) is 9.88 Å². The van der Waals surface area contributed by atoms with E-state index in [0.29, 0.717) is 12.5 Å². The van der Waals surface area contributed by atoms with Crippen LogP contribution in [0.15, 0.2) is 60.1 Å². The van der Waals surface area contributed by atoms with Gasteiger partial charge in [-0.05, 0) is 42.8 Å². The third kappa shape index (κ3) is 3.42. The van der Waals surface area contributed by atoms with Crippen molar-refractivity contribution in [3.63, 3.8) is 0 Å². The van der Waals surface area contributed by atoms with Crippen LogP contribution in [0.1, 0.15) is 29.6 Å². The minimum Gasteiger partial charge on any atom is -0.477 e. The van der Waals surface area contributed by atoms with Gasteiger partial charge in [0.2, 0.25) is 5.88 Å². The Morgan fingerprint density at radius 3 is 2.86 bits per heavy atom. The first-order valence-corrected chi connectivity index (χ1v) is 10.8. The number of thiophene rings is 1. The van der Waals surface area contributed by atoms with Gasteiger partial charge in [-0.15, -0.1) is 11.3 Å². The quantitative estimate of drug-likeness (QED) is 0.595. The summed E-state index contributed by atoms with van der Waals surface area (Å²) < 4.78 is 18.8. The molecule has 0 radical (unpaired) electrons. The Kier molecular flexibility index (Phi) is 4.79. The molecule has 4 heterocycles. The molecule has 2 aromatic heterocycles. The smallest absolute Gasteiger partial charge is 0.255 e. The van der Waals surface area contributed by atoms with Gasteiger partial charge in [0.1, 0.15) is 5.82 Å². The average Bonchev–Trinajstić information content (AvgIpc) is 3.49. The number of hydrogen-bond donors (Lipinski definition) is 0. The van der Waals surface area contributed by atoms with E-state index in [0.717, 1.165) is 41.5 Å². The number of ether oxygens (including phenoxy) is 1. The normalized spacial score (nSPS) is 22.8. The number of fused-ring (bicyclic) bond motifs is 2. The molecule has 5 rings (SSSR count). The molecule has 2 fully saturated rings. The highest BCUT2D eigenvalue weighted by atomic mass is 32.1. The number of carbonyl (C=O) groups excluding carboxylic acids is 1. The Hall–Kier alpha value is -2.73. The van der Waals surface area contributed by atoms with E-state index in [1.54, 1.807) is 17.4 Å². The highest BCUT2D eigenvalue weighted by Gasteiger charge is 2.49. The van der Waals surface area contributed by atoms with Crippen LogP contribution in [0.3, 0.4) is 0 Å². The lowest BCUT2D eigenvalue weighted by Crippen LogP contribution is -2.37. The molecule has 29 heavy (non-hydrogen) atoms. The number of rotatable bonds is 5. The van der Waals surface area contributed by atoms with Crippen LogP contribution in [0.4, 0.5) is 4.39 Å². The zero-order valence-corrected chi connectivity index (χ0v) is 16.6. The van der Waals surface area contributed by atoms with E-state index in [9.17, 15) is 9.18 Å². The Morgan fingerprint density at radius 2 is 2.07 bits per heavy atom. The maximum absolute atomic E-state index is 13.5. The van der Waals surface area contributed by atoms with Gasteiger partial charge < -0.3 is 9.64 Å². The van der Waals surface area contributed by atoms with Gasteiger partial charge in [-0.1, -0.05) is 24.3 Å². The third-order valence-corrected chi connectivity index (χ3v) is 6.89. The van der Waals surface area contributed by atoms with E-state index in [-0.39, 0.29) is 29.7 Å². The molecular weight excluding hydrogens is 387 g/mol. The second kappa shape index (κ2) is 7.59. The zero-order chi connectivity index (χ0) is 19.8. The van der Waals surface area contributed by atoms with E-state index < -0.39 is 0 Å². The van der Waals surface area contributed by atoms with Gasteiger partial charge >= 0.3 is 0 Å². The molecule has 1 amide bonds. The lowest BCUT2D eigenvalue weighted by atomic mass is 9.90. The van der Waals surface area contributed by atoms with E-state index in [4.69, 9.17) is 4.74 Å². The Morgan fingerprint density at radius 1 is 1.17 bits per heavy atom. The van der Waals surface area contributed by atoms with Gasteiger partial charge in [0, 0.05) is 40.1 Å². The second-order valence-electron chi connectivity index (χ2n) is 7.66. The maximum atomic E-state index is 13.5. The van der Waals surface area contributed by atoms with Crippen molar-refractivity contribution in [2.45, 2.75) is 31.3 Å². The summed E-state index contributed by atoms with van der Waals surface area (Å²) >= 11 is 1.65. The minimum absolute atomic E-state index is 0.115. The van der Waals surface area contributed by atoms with E-state index in [2.05, 4.69) is 16.0 Å². The van der Waals surface area contributed by atoms with E-state index >= 15 is 0 Å². The molecule has 3 atom stereocenters. The van der Waals surface area contributed by atoms with Gasteiger partial charge in [0.15, 0.2) is 0 Å². The van der Waals surface area contributed by atoms with E-state index in [1.807, 2.05) is 35.7 Å². The summed E-state index contributed by atoms with van der Waals surface area (Å²) in [6, 6.07) is 15.3. The zero-order valence-electron chi connectivity index (χ0n) is 15.8. The van der Waals surface area contributed by atoms with Gasteiger partial charge in [-0.25, -0.2) is 9.37 Å². The molecule has 0 aliphatic carbocycles. The molecule has 0 unspecified atom stereocenters. The second-order valence-corrected chi connectivity index (χ2v) is 8.60. The average molecular weight is 408 g/mol. The topological polar surface area (TPSA) is 42.4 Å². The molecule has 6 heteroatoms. The van der Waals surface area contributed by atoms with Gasteiger partial charge in [-0.2, -0.15) is 0 Å². The number of hydrogen-bond acceptors (Lipinski definition) is 4. The molecule has 2 aliphatic rings. The molecule has 3 aromatic rings. The summed E-state index contributed by atoms with van der Waals surface area (Å²) in [6.07, 6.45) is 4.15. The van der Waals surface area contributed by atoms with Crippen molar-refractivity contribution in [2.75, 3.05) is 6.61 Å². The molecule has 0 saturated carbocycles. The number of nitrogens with zero attached hydrogens (tertiary/aromatic N) is 2. The van der Waals surface area contributed by atoms with Gasteiger partial charge in [0.25, 0.3) is 5.91 Å². The molecule has 0 spiro atoms. The summed E-state index contributed by atoms with van der Waals surface area (Å²) in [6.45, 7) is 0.496. The van der Waals surface area contributed by atoms with Crippen molar-refractivity contribution in [2.24, 2.45) is 5.92 Å². The lowest BCUT2D eigenvalue weighted by molar-refractivity contribution is 0.0710. The van der Waals surface area contributed by atoms with Gasteiger partial charge in [-0.3, -0.25) is 4.79 Å². The molecule has 2 bridgehead atoms. The monoisotopic (exact) mass is 408 g/mol. The fourth-order valence-corrected chi connectivity index (χ4v) is 5.47. The minimum atomic E-state index is -0.376. The molecule has 2 saturated heterocycles. The Bertz CT molecular complexity index is 1010. The first-order chi connectivity index (χ1) is 14.2. The summed E-state index contributed by atoms with van der Waals surface area (Å²) in [5.74, 6) is 0.441. The van der Waals surface area contributed by atoms with Gasteiger partial charge in [0.05, 0.1) is 12.8 Å². The highest BCUT2D eigenvalue weighted by molar-refractivity contribution is 7.13. The molecule has 1 aromatic carbocycles. The van der Waals surface area contributed by atoms with Crippen LogP contribution in [0.2, 0.25) is 0 Å². The molecule has 2 aliphatic heterocycles. The SMILES string of the molecule is O=C(c1ccccc1-c1cccs1)N1[C@@H]2CC[C@H]1[C@H](COc1ccc(F)cn1)C2. The van der Waals surface area contributed by atoms with Crippen LogP contribution in [-0.2, 0) is 0 Å². The number of aromatic nitrogens is 1. The fourth-order valence-electron chi connectivity index (χ4n) is 4.70. The van der Waals surface area contributed by atoms with Crippen molar-refractivity contribution in [3.8, 4) is 16.3 Å². The first kappa shape index (κ1) is 18.3. The Labute approximate surface area is 173 Å². The maximum Gasteiger partial charge on any atom is 0.255 e. The summed E-state index contributed by atoms with van der Waals surface area (Å²) in [4.78, 5) is 20.7. The van der Waals surface area contributed by atoms with Crippen LogP contribution in [-0.4, -0.2) is 34.5 Å². The molecule has 148 valence electrons. The number of carbonyl (C=O) groups is 1. The van der Waals surface area contributed by atoms with Crippen LogP contribution < -0.4 is 4.74 Å². The Balaban J connectivity index is 1.34.